The molecule has 2 fully saturated rings. The van der Waals surface area contributed by atoms with E-state index in [1.807, 2.05) is 25.2 Å². The minimum atomic E-state index is 0.0788. The van der Waals surface area contributed by atoms with E-state index in [1.54, 1.807) is 17.3 Å². The summed E-state index contributed by atoms with van der Waals surface area (Å²) in [5.41, 5.74) is 2.76. The molecule has 1 aromatic heterocycles. The van der Waals surface area contributed by atoms with E-state index in [0.29, 0.717) is 0 Å². The van der Waals surface area contributed by atoms with Crippen LogP contribution in [0.15, 0.2) is 42.9 Å². The van der Waals surface area contributed by atoms with Crippen LogP contribution in [0, 0.1) is 0 Å². The maximum atomic E-state index is 12.9. The molecule has 1 spiro atoms. The largest absolute Gasteiger partial charge is 0.355 e. The van der Waals surface area contributed by atoms with Gasteiger partial charge in [0.15, 0.2) is 0 Å². The third kappa shape index (κ3) is 3.52. The van der Waals surface area contributed by atoms with Gasteiger partial charge in [0.05, 0.1) is 6.20 Å². The quantitative estimate of drug-likeness (QED) is 0.725. The lowest BCUT2D eigenvalue weighted by Gasteiger charge is -2.51. The summed E-state index contributed by atoms with van der Waals surface area (Å²) in [6.07, 6.45) is 9.85. The van der Waals surface area contributed by atoms with Gasteiger partial charge in [-0.2, -0.15) is 0 Å². The number of anilines is 2. The highest BCUT2D eigenvalue weighted by atomic mass is 16.2. The van der Waals surface area contributed by atoms with Crippen LogP contribution in [-0.2, 0) is 5.41 Å². The molecule has 0 radical (unpaired) electrons. The highest BCUT2D eigenvalue weighted by Crippen LogP contribution is 2.48. The number of carbonyl (C=O) groups excluding carboxylic acids is 1. The number of hydrogen-bond donors (Lipinski definition) is 0. The molecule has 0 unspecified atom stereocenters. The number of piperidine rings is 2. The van der Waals surface area contributed by atoms with Crippen molar-refractivity contribution in [2.45, 2.75) is 43.6 Å². The fourth-order valence-electron chi connectivity index (χ4n) is 5.93. The zero-order chi connectivity index (χ0) is 22.3. The summed E-state index contributed by atoms with van der Waals surface area (Å²) in [4.78, 5) is 30.3. The molecule has 3 aliphatic rings. The van der Waals surface area contributed by atoms with E-state index >= 15 is 0 Å². The number of fused-ring (bicyclic) bond motifs is 2. The molecule has 32 heavy (non-hydrogen) atoms. The zero-order valence-electron chi connectivity index (χ0n) is 19.5. The molecule has 4 heterocycles. The molecule has 7 nitrogen and oxygen atoms in total. The van der Waals surface area contributed by atoms with Crippen LogP contribution in [0.3, 0.4) is 0 Å². The van der Waals surface area contributed by atoms with Gasteiger partial charge < -0.3 is 9.80 Å². The first-order valence-corrected chi connectivity index (χ1v) is 11.8. The fourth-order valence-corrected chi connectivity index (χ4v) is 5.93. The van der Waals surface area contributed by atoms with Crippen molar-refractivity contribution in [3.8, 4) is 0 Å². The average Bonchev–Trinajstić information content (AvgIpc) is 3.14. The van der Waals surface area contributed by atoms with Crippen molar-refractivity contribution in [2.75, 3.05) is 56.6 Å². The Morgan fingerprint density at radius 2 is 1.72 bits per heavy atom. The molecular formula is C25H34N6O. The van der Waals surface area contributed by atoms with Crippen LogP contribution in [-0.4, -0.2) is 78.2 Å². The molecule has 2 amide bonds. The van der Waals surface area contributed by atoms with E-state index in [1.165, 1.54) is 5.56 Å². The Balaban J connectivity index is 1.28. The van der Waals surface area contributed by atoms with E-state index < -0.39 is 0 Å². The number of rotatable bonds is 2. The molecule has 2 aromatic rings. The standard InChI is InChI=1S/C25H34N6O/c1-24(8-14-29(15-9-24)22-18-26-12-13-27-22)30-16-10-25(11-17-30)19-31(23(32)28(2)3)21-7-5-4-6-20(21)25/h4-7,12-13,18H,8-11,14-17,19H2,1-3H3. The first-order chi connectivity index (χ1) is 15.4. The summed E-state index contributed by atoms with van der Waals surface area (Å²) in [6.45, 7) is 7.44. The lowest BCUT2D eigenvalue weighted by Crippen LogP contribution is -2.58. The van der Waals surface area contributed by atoms with Crippen LogP contribution in [0.4, 0.5) is 16.3 Å². The van der Waals surface area contributed by atoms with Crippen LogP contribution in [0.1, 0.15) is 38.2 Å². The van der Waals surface area contributed by atoms with Gasteiger partial charge in [0.2, 0.25) is 0 Å². The van der Waals surface area contributed by atoms with Crippen molar-refractivity contribution in [1.82, 2.24) is 19.8 Å². The SMILES string of the molecule is CN(C)C(=O)N1CC2(CCN(C3(C)CCN(c4cnccn4)CC3)CC2)c2ccccc21. The van der Waals surface area contributed by atoms with Gasteiger partial charge in [0.1, 0.15) is 5.82 Å². The summed E-state index contributed by atoms with van der Waals surface area (Å²) < 4.78 is 0. The van der Waals surface area contributed by atoms with E-state index in [4.69, 9.17) is 0 Å². The second kappa shape index (κ2) is 8.03. The summed E-state index contributed by atoms with van der Waals surface area (Å²) in [6, 6.07) is 8.62. The predicted molar refractivity (Wildman–Crippen MR) is 127 cm³/mol. The van der Waals surface area contributed by atoms with Gasteiger partial charge in [-0.1, -0.05) is 18.2 Å². The minimum absolute atomic E-state index is 0.0788. The topological polar surface area (TPSA) is 55.8 Å². The number of amides is 2. The molecule has 1 aromatic carbocycles. The van der Waals surface area contributed by atoms with Crippen LogP contribution in [0.25, 0.3) is 0 Å². The molecular weight excluding hydrogens is 400 g/mol. The van der Waals surface area contributed by atoms with E-state index in [-0.39, 0.29) is 17.0 Å². The number of benzene rings is 1. The normalized spacial score (nSPS) is 22.1. The summed E-state index contributed by atoms with van der Waals surface area (Å²) in [5, 5.41) is 0. The molecule has 0 N–H and O–H groups in total. The summed E-state index contributed by atoms with van der Waals surface area (Å²) in [5.74, 6) is 0.986. The van der Waals surface area contributed by atoms with Gasteiger partial charge in [-0.25, -0.2) is 9.78 Å². The highest BCUT2D eigenvalue weighted by molar-refractivity contribution is 5.95. The molecule has 0 bridgehead atoms. The van der Waals surface area contributed by atoms with Crippen molar-refractivity contribution in [2.24, 2.45) is 0 Å². The van der Waals surface area contributed by atoms with Crippen molar-refractivity contribution in [3.63, 3.8) is 0 Å². The van der Waals surface area contributed by atoms with Crippen LogP contribution >= 0.6 is 0 Å². The Bertz CT molecular complexity index is 961. The van der Waals surface area contributed by atoms with Gasteiger partial charge in [-0.15, -0.1) is 0 Å². The zero-order valence-corrected chi connectivity index (χ0v) is 19.5. The number of carbonyl (C=O) groups is 1. The van der Waals surface area contributed by atoms with Crippen molar-refractivity contribution in [3.05, 3.63) is 48.4 Å². The minimum Gasteiger partial charge on any atom is -0.355 e. The Morgan fingerprint density at radius 1 is 1.00 bits per heavy atom. The van der Waals surface area contributed by atoms with Gasteiger partial charge >= 0.3 is 6.03 Å². The van der Waals surface area contributed by atoms with Crippen LogP contribution < -0.4 is 9.80 Å². The van der Waals surface area contributed by atoms with Crippen LogP contribution in [0.5, 0.6) is 0 Å². The number of para-hydroxylation sites is 1. The molecule has 3 aliphatic heterocycles. The van der Waals surface area contributed by atoms with Crippen molar-refractivity contribution >= 4 is 17.5 Å². The fraction of sp³-hybridized carbons (Fsp3) is 0.560. The maximum Gasteiger partial charge on any atom is 0.323 e. The van der Waals surface area contributed by atoms with Crippen molar-refractivity contribution < 1.29 is 4.79 Å². The smallest absolute Gasteiger partial charge is 0.323 e. The van der Waals surface area contributed by atoms with Crippen molar-refractivity contribution in [1.29, 1.82) is 0 Å². The van der Waals surface area contributed by atoms with Gasteiger partial charge in [-0.05, 0) is 57.3 Å². The number of nitrogens with zero attached hydrogens (tertiary/aromatic N) is 6. The number of aromatic nitrogens is 2. The lowest BCUT2D eigenvalue weighted by atomic mass is 9.72. The number of likely N-dealkylation sites (tertiary alicyclic amines) is 1. The Kier molecular flexibility index (Phi) is 5.32. The third-order valence-corrected chi connectivity index (χ3v) is 8.04. The molecule has 2 saturated heterocycles. The van der Waals surface area contributed by atoms with E-state index in [0.717, 1.165) is 69.9 Å². The van der Waals surface area contributed by atoms with E-state index in [9.17, 15) is 4.79 Å². The Labute approximate surface area is 191 Å². The molecule has 5 rings (SSSR count). The Hall–Kier alpha value is -2.67. The van der Waals surface area contributed by atoms with Gasteiger partial charge in [0, 0.05) is 62.8 Å². The molecule has 170 valence electrons. The monoisotopic (exact) mass is 434 g/mol. The predicted octanol–water partition coefficient (Wildman–Crippen LogP) is 3.37. The Morgan fingerprint density at radius 3 is 2.38 bits per heavy atom. The summed E-state index contributed by atoms with van der Waals surface area (Å²) >= 11 is 0. The number of urea groups is 1. The highest BCUT2D eigenvalue weighted by Gasteiger charge is 2.48. The van der Waals surface area contributed by atoms with E-state index in [2.05, 4.69) is 51.0 Å². The molecule has 0 aliphatic carbocycles. The van der Waals surface area contributed by atoms with Gasteiger partial charge in [0.25, 0.3) is 0 Å². The van der Waals surface area contributed by atoms with Gasteiger partial charge in [-0.3, -0.25) is 14.8 Å². The second-order valence-corrected chi connectivity index (χ2v) is 10.1. The maximum absolute atomic E-state index is 12.9. The first-order valence-electron chi connectivity index (χ1n) is 11.8. The van der Waals surface area contributed by atoms with Crippen LogP contribution in [0.2, 0.25) is 0 Å². The number of hydrogen-bond acceptors (Lipinski definition) is 5. The molecule has 7 heteroatoms. The lowest BCUT2D eigenvalue weighted by molar-refractivity contribution is 0.0372. The third-order valence-electron chi connectivity index (χ3n) is 8.04. The molecule has 0 saturated carbocycles. The second-order valence-electron chi connectivity index (χ2n) is 10.1. The average molecular weight is 435 g/mol. The summed E-state index contributed by atoms with van der Waals surface area (Å²) in [7, 11) is 3.68. The molecule has 0 atom stereocenters. The first kappa shape index (κ1) is 21.2.